The van der Waals surface area contributed by atoms with Crippen LogP contribution in [0.15, 0.2) is 29.9 Å². The van der Waals surface area contributed by atoms with E-state index in [0.29, 0.717) is 0 Å². The van der Waals surface area contributed by atoms with Gasteiger partial charge < -0.3 is 0 Å². The molecule has 0 saturated carbocycles. The maximum absolute atomic E-state index is 5.60. The molecule has 0 radical (unpaired) electrons. The Morgan fingerprint density at radius 3 is 2.78 bits per heavy atom. The molecule has 0 bridgehead atoms. The van der Waals surface area contributed by atoms with Crippen LogP contribution in [-0.2, 0) is 12.8 Å². The lowest BCUT2D eigenvalue weighted by Gasteiger charge is -2.14. The predicted molar refractivity (Wildman–Crippen MR) is 74.2 cm³/mol. The fourth-order valence-electron chi connectivity index (χ4n) is 1.89. The Kier molecular flexibility index (Phi) is 4.81. The summed E-state index contributed by atoms with van der Waals surface area (Å²) in [5, 5.41) is 3.21. The van der Waals surface area contributed by atoms with Crippen LogP contribution in [0.2, 0.25) is 0 Å². The fourth-order valence-corrected chi connectivity index (χ4v) is 2.51. The van der Waals surface area contributed by atoms with E-state index >= 15 is 0 Å². The summed E-state index contributed by atoms with van der Waals surface area (Å²) in [4.78, 5) is 8.48. The molecule has 4 nitrogen and oxygen atoms in total. The second-order valence-electron chi connectivity index (χ2n) is 4.32. The van der Waals surface area contributed by atoms with E-state index in [2.05, 4.69) is 20.8 Å². The molecule has 0 aliphatic carbocycles. The largest absolute Gasteiger partial charge is 0.271 e. The number of hydrogen-bond acceptors (Lipinski definition) is 5. The van der Waals surface area contributed by atoms with Gasteiger partial charge in [0.2, 0.25) is 0 Å². The van der Waals surface area contributed by atoms with E-state index in [1.807, 2.05) is 31.5 Å². The summed E-state index contributed by atoms with van der Waals surface area (Å²) in [6.45, 7) is 2.02. The van der Waals surface area contributed by atoms with Gasteiger partial charge in [-0.2, -0.15) is 0 Å². The quantitative estimate of drug-likeness (QED) is 0.616. The van der Waals surface area contributed by atoms with Gasteiger partial charge in [-0.1, -0.05) is 0 Å². The molecule has 0 aromatic carbocycles. The van der Waals surface area contributed by atoms with Crippen LogP contribution in [0.1, 0.15) is 22.7 Å². The maximum Gasteiger partial charge on any atom is 0.0897 e. The van der Waals surface area contributed by atoms with E-state index in [4.69, 9.17) is 5.84 Å². The first kappa shape index (κ1) is 13.1. The molecular formula is C13H18N4S. The minimum Gasteiger partial charge on any atom is -0.271 e. The summed E-state index contributed by atoms with van der Waals surface area (Å²) in [6.07, 6.45) is 6.53. The van der Waals surface area contributed by atoms with Gasteiger partial charge in [0.15, 0.2) is 0 Å². The average molecular weight is 262 g/mol. The van der Waals surface area contributed by atoms with E-state index in [9.17, 15) is 0 Å². The number of thiazole rings is 1. The van der Waals surface area contributed by atoms with Gasteiger partial charge in [-0.15, -0.1) is 11.3 Å². The molecule has 2 heterocycles. The van der Waals surface area contributed by atoms with Crippen molar-refractivity contribution in [1.82, 2.24) is 15.4 Å². The molecule has 0 saturated heterocycles. The van der Waals surface area contributed by atoms with Crippen molar-refractivity contribution in [2.24, 2.45) is 5.84 Å². The number of nitrogens with two attached hydrogens (primary N) is 1. The maximum atomic E-state index is 5.60. The molecule has 0 fully saturated rings. The van der Waals surface area contributed by atoms with Crippen molar-refractivity contribution in [3.05, 3.63) is 46.2 Å². The summed E-state index contributed by atoms with van der Waals surface area (Å²) in [5.74, 6) is 5.60. The van der Waals surface area contributed by atoms with Crippen LogP contribution in [0.25, 0.3) is 0 Å². The summed E-state index contributed by atoms with van der Waals surface area (Å²) in [7, 11) is 0. The van der Waals surface area contributed by atoms with Gasteiger partial charge in [-0.25, -0.2) is 4.98 Å². The SMILES string of the molecule is Cc1nc(CC(CCc2ccncc2)NN)cs1. The lowest BCUT2D eigenvalue weighted by molar-refractivity contribution is 0.487. The zero-order valence-corrected chi connectivity index (χ0v) is 11.3. The highest BCUT2D eigenvalue weighted by atomic mass is 32.1. The number of hydrogen-bond donors (Lipinski definition) is 2. The molecule has 2 aromatic rings. The van der Waals surface area contributed by atoms with Crippen molar-refractivity contribution in [1.29, 1.82) is 0 Å². The van der Waals surface area contributed by atoms with Crippen molar-refractivity contribution >= 4 is 11.3 Å². The normalized spacial score (nSPS) is 12.6. The number of hydrazine groups is 1. The van der Waals surface area contributed by atoms with E-state index in [0.717, 1.165) is 30.0 Å². The highest BCUT2D eigenvalue weighted by molar-refractivity contribution is 7.09. The first-order chi connectivity index (χ1) is 8.78. The van der Waals surface area contributed by atoms with E-state index in [1.165, 1.54) is 5.56 Å². The van der Waals surface area contributed by atoms with Crippen LogP contribution in [-0.4, -0.2) is 16.0 Å². The lowest BCUT2D eigenvalue weighted by Crippen LogP contribution is -2.37. The van der Waals surface area contributed by atoms with E-state index in [1.54, 1.807) is 11.3 Å². The average Bonchev–Trinajstić information content (AvgIpc) is 2.81. The van der Waals surface area contributed by atoms with Crippen molar-refractivity contribution in [3.63, 3.8) is 0 Å². The van der Waals surface area contributed by atoms with Crippen LogP contribution >= 0.6 is 11.3 Å². The number of aryl methyl sites for hydroxylation is 2. The highest BCUT2D eigenvalue weighted by Gasteiger charge is 2.10. The highest BCUT2D eigenvalue weighted by Crippen LogP contribution is 2.12. The van der Waals surface area contributed by atoms with Crippen molar-refractivity contribution < 1.29 is 0 Å². The third kappa shape index (κ3) is 3.87. The third-order valence-electron chi connectivity index (χ3n) is 2.89. The molecule has 0 aliphatic heterocycles. The second kappa shape index (κ2) is 6.58. The zero-order chi connectivity index (χ0) is 12.8. The molecule has 2 aromatic heterocycles. The first-order valence-corrected chi connectivity index (χ1v) is 6.92. The molecule has 96 valence electrons. The molecule has 3 N–H and O–H groups in total. The molecule has 0 aliphatic rings. The van der Waals surface area contributed by atoms with E-state index in [-0.39, 0.29) is 6.04 Å². The Morgan fingerprint density at radius 1 is 1.39 bits per heavy atom. The van der Waals surface area contributed by atoms with Gasteiger partial charge in [0.05, 0.1) is 10.7 Å². The third-order valence-corrected chi connectivity index (χ3v) is 3.71. The molecule has 0 spiro atoms. The molecule has 5 heteroatoms. The van der Waals surface area contributed by atoms with Gasteiger partial charge in [-0.05, 0) is 37.5 Å². The number of rotatable bonds is 6. The van der Waals surface area contributed by atoms with Crippen LogP contribution in [0, 0.1) is 6.92 Å². The van der Waals surface area contributed by atoms with Crippen LogP contribution in [0.5, 0.6) is 0 Å². The predicted octanol–water partition coefficient (Wildman–Crippen LogP) is 1.85. The molecule has 2 rings (SSSR count). The number of pyridine rings is 1. The first-order valence-electron chi connectivity index (χ1n) is 6.04. The molecular weight excluding hydrogens is 244 g/mol. The fraction of sp³-hybridized carbons (Fsp3) is 0.385. The van der Waals surface area contributed by atoms with Gasteiger partial charge >= 0.3 is 0 Å². The minimum atomic E-state index is 0.264. The van der Waals surface area contributed by atoms with Gasteiger partial charge in [0, 0.05) is 30.2 Å². The second-order valence-corrected chi connectivity index (χ2v) is 5.38. The molecule has 1 atom stereocenters. The molecule has 1 unspecified atom stereocenters. The molecule has 0 amide bonds. The Balaban J connectivity index is 1.86. The van der Waals surface area contributed by atoms with Gasteiger partial charge in [0.1, 0.15) is 0 Å². The summed E-state index contributed by atoms with van der Waals surface area (Å²) in [6, 6.07) is 4.35. The number of aromatic nitrogens is 2. The monoisotopic (exact) mass is 262 g/mol. The van der Waals surface area contributed by atoms with E-state index < -0.39 is 0 Å². The van der Waals surface area contributed by atoms with Crippen LogP contribution < -0.4 is 11.3 Å². The summed E-state index contributed by atoms with van der Waals surface area (Å²) < 4.78 is 0. The van der Waals surface area contributed by atoms with Crippen molar-refractivity contribution in [2.75, 3.05) is 0 Å². The van der Waals surface area contributed by atoms with Crippen LogP contribution in [0.4, 0.5) is 0 Å². The Morgan fingerprint density at radius 2 is 2.17 bits per heavy atom. The Labute approximate surface area is 111 Å². The van der Waals surface area contributed by atoms with Gasteiger partial charge in [-0.3, -0.25) is 16.3 Å². The smallest absolute Gasteiger partial charge is 0.0897 e. The number of nitrogens with zero attached hydrogens (tertiary/aromatic N) is 2. The topological polar surface area (TPSA) is 63.8 Å². The van der Waals surface area contributed by atoms with Crippen molar-refractivity contribution in [2.45, 2.75) is 32.2 Å². The van der Waals surface area contributed by atoms with Crippen LogP contribution in [0.3, 0.4) is 0 Å². The molecule has 18 heavy (non-hydrogen) atoms. The minimum absolute atomic E-state index is 0.264. The number of nitrogens with one attached hydrogen (secondary N) is 1. The summed E-state index contributed by atoms with van der Waals surface area (Å²) in [5.41, 5.74) is 5.29. The standard InChI is InChI=1S/C13H18N4S/c1-10-16-13(9-18-10)8-12(17-14)3-2-11-4-6-15-7-5-11/h4-7,9,12,17H,2-3,8,14H2,1H3. The Bertz CT molecular complexity index is 469. The van der Waals surface area contributed by atoms with Gasteiger partial charge in [0.25, 0.3) is 0 Å². The summed E-state index contributed by atoms with van der Waals surface area (Å²) >= 11 is 1.68. The zero-order valence-electron chi connectivity index (χ0n) is 10.5. The Hall–Kier alpha value is -1.30. The van der Waals surface area contributed by atoms with Crippen molar-refractivity contribution in [3.8, 4) is 0 Å². The lowest BCUT2D eigenvalue weighted by atomic mass is 10.0.